The topological polar surface area (TPSA) is 76.2 Å². The standard InChI is InChI=1S/C19H16N4OS/c1-12-11-23-16(8-9-17(24)15-3-2-10-21-15)18(22-19(23)25-12)13-4-6-14(20)7-5-13/h2-11,21H,20H2,1H3/b9-8+. The average Bonchev–Trinajstić information content (AvgIpc) is 3.30. The van der Waals surface area contributed by atoms with Crippen molar-refractivity contribution in [2.75, 3.05) is 5.73 Å². The number of ketones is 1. The predicted octanol–water partition coefficient (Wildman–Crippen LogP) is 4.18. The van der Waals surface area contributed by atoms with Crippen LogP contribution in [0, 0.1) is 6.92 Å². The third kappa shape index (κ3) is 2.88. The summed E-state index contributed by atoms with van der Waals surface area (Å²) in [6.45, 7) is 2.04. The van der Waals surface area contributed by atoms with E-state index in [1.54, 1.807) is 35.7 Å². The van der Waals surface area contributed by atoms with Gasteiger partial charge in [-0.15, -0.1) is 11.3 Å². The maximum atomic E-state index is 12.3. The maximum absolute atomic E-state index is 12.3. The highest BCUT2D eigenvalue weighted by molar-refractivity contribution is 7.17. The first-order valence-corrected chi connectivity index (χ1v) is 8.63. The zero-order chi connectivity index (χ0) is 17.4. The summed E-state index contributed by atoms with van der Waals surface area (Å²) < 4.78 is 2.02. The number of H-pyrrole nitrogens is 1. The molecule has 0 fully saturated rings. The number of imidazole rings is 1. The van der Waals surface area contributed by atoms with Gasteiger partial charge in [0.2, 0.25) is 5.78 Å². The fourth-order valence-electron chi connectivity index (χ4n) is 2.71. The Balaban J connectivity index is 1.81. The number of anilines is 1. The predicted molar refractivity (Wildman–Crippen MR) is 102 cm³/mol. The molecule has 6 heteroatoms. The van der Waals surface area contributed by atoms with Gasteiger partial charge < -0.3 is 10.7 Å². The molecule has 0 saturated heterocycles. The van der Waals surface area contributed by atoms with Gasteiger partial charge in [-0.3, -0.25) is 9.20 Å². The molecule has 0 radical (unpaired) electrons. The number of nitrogens with zero attached hydrogens (tertiary/aromatic N) is 2. The molecule has 3 N–H and O–H groups in total. The van der Waals surface area contributed by atoms with Crippen LogP contribution < -0.4 is 5.73 Å². The van der Waals surface area contributed by atoms with E-state index in [1.807, 2.05) is 47.9 Å². The normalized spacial score (nSPS) is 11.6. The first-order valence-electron chi connectivity index (χ1n) is 7.82. The van der Waals surface area contributed by atoms with Crippen molar-refractivity contribution in [3.05, 3.63) is 71.1 Å². The number of carbonyl (C=O) groups excluding carboxylic acids is 1. The van der Waals surface area contributed by atoms with E-state index in [4.69, 9.17) is 10.7 Å². The fourth-order valence-corrected chi connectivity index (χ4v) is 3.55. The molecule has 0 atom stereocenters. The van der Waals surface area contributed by atoms with Crippen molar-refractivity contribution in [3.63, 3.8) is 0 Å². The Kier molecular flexibility index (Phi) is 3.74. The van der Waals surface area contributed by atoms with Gasteiger partial charge in [-0.05, 0) is 43.3 Å². The Bertz CT molecular complexity index is 1070. The number of carbonyl (C=O) groups is 1. The minimum Gasteiger partial charge on any atom is -0.399 e. The van der Waals surface area contributed by atoms with Crippen LogP contribution in [-0.2, 0) is 0 Å². The molecule has 3 heterocycles. The molecule has 0 aliphatic heterocycles. The van der Waals surface area contributed by atoms with Crippen LogP contribution in [0.25, 0.3) is 22.3 Å². The molecule has 4 rings (SSSR count). The van der Waals surface area contributed by atoms with Crippen LogP contribution in [0.15, 0.2) is 54.9 Å². The van der Waals surface area contributed by atoms with E-state index in [0.29, 0.717) is 11.4 Å². The third-order valence-corrected chi connectivity index (χ3v) is 4.82. The molecule has 0 bridgehead atoms. The second kappa shape index (κ2) is 6.07. The van der Waals surface area contributed by atoms with Crippen molar-refractivity contribution < 1.29 is 4.79 Å². The smallest absolute Gasteiger partial charge is 0.202 e. The summed E-state index contributed by atoms with van der Waals surface area (Å²) in [6, 6.07) is 11.2. The number of nitrogens with two attached hydrogens (primary N) is 1. The van der Waals surface area contributed by atoms with Gasteiger partial charge in [0.1, 0.15) is 0 Å². The van der Waals surface area contributed by atoms with E-state index in [2.05, 4.69) is 4.98 Å². The fraction of sp³-hybridized carbons (Fsp3) is 0.0526. The molecule has 4 aromatic rings. The highest BCUT2D eigenvalue weighted by atomic mass is 32.1. The molecule has 124 valence electrons. The molecule has 1 aromatic carbocycles. The van der Waals surface area contributed by atoms with E-state index in [1.165, 1.54) is 0 Å². The van der Waals surface area contributed by atoms with Gasteiger partial charge in [0.25, 0.3) is 0 Å². The third-order valence-electron chi connectivity index (χ3n) is 3.92. The van der Waals surface area contributed by atoms with Crippen LogP contribution in [0.3, 0.4) is 0 Å². The number of fused-ring (bicyclic) bond motifs is 1. The van der Waals surface area contributed by atoms with E-state index >= 15 is 0 Å². The van der Waals surface area contributed by atoms with Crippen molar-refractivity contribution in [2.24, 2.45) is 0 Å². The Hall–Kier alpha value is -3.12. The molecular weight excluding hydrogens is 332 g/mol. The summed E-state index contributed by atoms with van der Waals surface area (Å²) in [6.07, 6.45) is 7.16. The molecule has 0 aliphatic rings. The molecule has 0 spiro atoms. The first kappa shape index (κ1) is 15.4. The zero-order valence-electron chi connectivity index (χ0n) is 13.6. The highest BCUT2D eigenvalue weighted by Gasteiger charge is 2.14. The second-order valence-electron chi connectivity index (χ2n) is 5.74. The monoisotopic (exact) mass is 348 g/mol. The van der Waals surface area contributed by atoms with Crippen LogP contribution in [0.5, 0.6) is 0 Å². The van der Waals surface area contributed by atoms with E-state index < -0.39 is 0 Å². The van der Waals surface area contributed by atoms with Gasteiger partial charge in [-0.2, -0.15) is 0 Å². The number of nitrogen functional groups attached to an aromatic ring is 1. The number of nitrogens with one attached hydrogen (secondary N) is 1. The molecule has 0 saturated carbocycles. The molecule has 3 aromatic heterocycles. The summed E-state index contributed by atoms with van der Waals surface area (Å²) in [5, 5.41) is 0. The number of hydrogen-bond donors (Lipinski definition) is 2. The van der Waals surface area contributed by atoms with Crippen molar-refractivity contribution in [2.45, 2.75) is 6.92 Å². The summed E-state index contributed by atoms with van der Waals surface area (Å²) in [5.41, 5.74) is 9.74. The first-order chi connectivity index (χ1) is 12.1. The quantitative estimate of drug-likeness (QED) is 0.330. The minimum atomic E-state index is -0.0739. The van der Waals surface area contributed by atoms with Gasteiger partial charge >= 0.3 is 0 Å². The molecule has 0 aliphatic carbocycles. The lowest BCUT2D eigenvalue weighted by atomic mass is 10.1. The van der Waals surface area contributed by atoms with E-state index in [9.17, 15) is 4.79 Å². The van der Waals surface area contributed by atoms with Crippen LogP contribution in [0.4, 0.5) is 5.69 Å². The van der Waals surface area contributed by atoms with Crippen molar-refractivity contribution in [1.29, 1.82) is 0 Å². The Morgan fingerprint density at radius 1 is 1.28 bits per heavy atom. The number of benzene rings is 1. The lowest BCUT2D eigenvalue weighted by Crippen LogP contribution is -1.94. The number of hydrogen-bond acceptors (Lipinski definition) is 4. The van der Waals surface area contributed by atoms with Crippen LogP contribution >= 0.6 is 11.3 Å². The second-order valence-corrected chi connectivity index (χ2v) is 6.96. The Labute approximate surface area is 148 Å². The molecule has 0 amide bonds. The van der Waals surface area contributed by atoms with Crippen molar-refractivity contribution in [3.8, 4) is 11.3 Å². The Morgan fingerprint density at radius 3 is 2.80 bits per heavy atom. The van der Waals surface area contributed by atoms with Crippen LogP contribution in [0.2, 0.25) is 0 Å². The summed E-state index contributed by atoms with van der Waals surface area (Å²) in [4.78, 5) is 22.0. The minimum absolute atomic E-state index is 0.0739. The Morgan fingerprint density at radius 2 is 2.08 bits per heavy atom. The van der Waals surface area contributed by atoms with Crippen molar-refractivity contribution >= 4 is 33.8 Å². The summed E-state index contributed by atoms with van der Waals surface area (Å²) >= 11 is 1.62. The number of aromatic amines is 1. The van der Waals surface area contributed by atoms with Gasteiger partial charge in [-0.25, -0.2) is 4.98 Å². The van der Waals surface area contributed by atoms with Crippen LogP contribution in [-0.4, -0.2) is 20.2 Å². The summed E-state index contributed by atoms with van der Waals surface area (Å²) in [5.74, 6) is -0.0739. The maximum Gasteiger partial charge on any atom is 0.202 e. The van der Waals surface area contributed by atoms with Crippen LogP contribution in [0.1, 0.15) is 21.1 Å². The number of aryl methyl sites for hydroxylation is 1. The molecular formula is C19H16N4OS. The number of thiazole rings is 1. The number of allylic oxidation sites excluding steroid dienone is 1. The van der Waals surface area contributed by atoms with Gasteiger partial charge in [0.05, 0.1) is 17.1 Å². The van der Waals surface area contributed by atoms with Gasteiger partial charge in [-0.1, -0.05) is 12.1 Å². The van der Waals surface area contributed by atoms with E-state index in [0.717, 1.165) is 26.8 Å². The zero-order valence-corrected chi connectivity index (χ0v) is 14.4. The lowest BCUT2D eigenvalue weighted by Gasteiger charge is -2.01. The number of aromatic nitrogens is 3. The average molecular weight is 348 g/mol. The summed E-state index contributed by atoms with van der Waals surface area (Å²) in [7, 11) is 0. The van der Waals surface area contributed by atoms with E-state index in [-0.39, 0.29) is 5.78 Å². The SMILES string of the molecule is Cc1cn2c(/C=C/C(=O)c3ccc[nH]3)c(-c3ccc(N)cc3)nc2s1. The molecule has 5 nitrogen and oxygen atoms in total. The molecule has 0 unspecified atom stereocenters. The largest absolute Gasteiger partial charge is 0.399 e. The van der Waals surface area contributed by atoms with Crippen molar-refractivity contribution in [1.82, 2.24) is 14.4 Å². The highest BCUT2D eigenvalue weighted by Crippen LogP contribution is 2.29. The molecule has 25 heavy (non-hydrogen) atoms. The lowest BCUT2D eigenvalue weighted by molar-refractivity contribution is 0.104. The van der Waals surface area contributed by atoms with Gasteiger partial charge in [0, 0.05) is 28.5 Å². The number of rotatable bonds is 4. The van der Waals surface area contributed by atoms with Gasteiger partial charge in [0.15, 0.2) is 4.96 Å².